The van der Waals surface area contributed by atoms with Crippen LogP contribution in [0.5, 0.6) is 5.75 Å². The van der Waals surface area contributed by atoms with Crippen molar-refractivity contribution in [1.82, 2.24) is 9.55 Å². The van der Waals surface area contributed by atoms with Crippen molar-refractivity contribution in [3.8, 4) is 11.4 Å². The van der Waals surface area contributed by atoms with E-state index in [0.717, 1.165) is 10.2 Å². The molecular weight excluding hydrogens is 405 g/mol. The zero-order chi connectivity index (χ0) is 15.1. The van der Waals surface area contributed by atoms with E-state index in [9.17, 15) is 4.39 Å². The molecule has 7 heteroatoms. The topological polar surface area (TPSA) is 53.1 Å². The zero-order valence-electron chi connectivity index (χ0n) is 10.9. The van der Waals surface area contributed by atoms with Crippen molar-refractivity contribution in [2.75, 3.05) is 12.8 Å². The molecule has 2 aromatic carbocycles. The quantitative estimate of drug-likeness (QED) is 0.680. The maximum Gasteiger partial charge on any atom is 0.205 e. The fraction of sp³-hybridized carbons (Fsp3) is 0.0714. The molecule has 0 saturated heterocycles. The van der Waals surface area contributed by atoms with Gasteiger partial charge in [-0.2, -0.15) is 0 Å². The number of hydrogen-bond donors (Lipinski definition) is 1. The van der Waals surface area contributed by atoms with E-state index in [1.165, 1.54) is 6.07 Å². The van der Waals surface area contributed by atoms with E-state index in [2.05, 4.69) is 36.8 Å². The number of nitrogen functional groups attached to an aromatic ring is 1. The summed E-state index contributed by atoms with van der Waals surface area (Å²) in [6, 6.07) is 8.52. The van der Waals surface area contributed by atoms with E-state index in [-0.39, 0.29) is 11.8 Å². The normalized spacial score (nSPS) is 11.0. The Kier molecular flexibility index (Phi) is 3.62. The van der Waals surface area contributed by atoms with Crippen molar-refractivity contribution >= 4 is 48.8 Å². The molecule has 0 aliphatic rings. The van der Waals surface area contributed by atoms with Gasteiger partial charge < -0.3 is 10.5 Å². The molecule has 3 rings (SSSR count). The predicted molar refractivity (Wildman–Crippen MR) is 87.4 cm³/mol. The van der Waals surface area contributed by atoms with Gasteiger partial charge in [0.1, 0.15) is 11.6 Å². The van der Waals surface area contributed by atoms with Gasteiger partial charge in [-0.1, -0.05) is 0 Å². The summed E-state index contributed by atoms with van der Waals surface area (Å²) in [5, 5.41) is 0. The Labute approximate surface area is 137 Å². The standard InChI is InChI=1S/C14H10Br2FN3O/c1-21-7-2-3-8(15)12(4-7)20-13-5-9(16)10(17)6-11(13)19-14(20)18/h2-6H,1H3,(H2,18,19). The minimum Gasteiger partial charge on any atom is -0.497 e. The Bertz CT molecular complexity index is 848. The summed E-state index contributed by atoms with van der Waals surface area (Å²) in [5.74, 6) is 0.587. The first-order valence-electron chi connectivity index (χ1n) is 5.98. The third-order valence-corrected chi connectivity index (χ3v) is 4.39. The highest BCUT2D eigenvalue weighted by molar-refractivity contribution is 9.10. The van der Waals surface area contributed by atoms with Crippen LogP contribution in [0.4, 0.5) is 10.3 Å². The number of methoxy groups -OCH3 is 1. The van der Waals surface area contributed by atoms with Crippen LogP contribution in [-0.4, -0.2) is 16.7 Å². The van der Waals surface area contributed by atoms with Crippen LogP contribution in [0.15, 0.2) is 39.3 Å². The highest BCUT2D eigenvalue weighted by Crippen LogP contribution is 2.33. The van der Waals surface area contributed by atoms with Crippen LogP contribution >= 0.6 is 31.9 Å². The van der Waals surface area contributed by atoms with Crippen LogP contribution in [0, 0.1) is 5.82 Å². The maximum absolute atomic E-state index is 13.6. The van der Waals surface area contributed by atoms with Crippen LogP contribution in [0.25, 0.3) is 16.7 Å². The van der Waals surface area contributed by atoms with Crippen LogP contribution < -0.4 is 10.5 Å². The fourth-order valence-corrected chi connectivity index (χ4v) is 2.89. The van der Waals surface area contributed by atoms with Crippen LogP contribution in [0.3, 0.4) is 0 Å². The molecule has 1 aromatic heterocycles. The number of hydrogen-bond acceptors (Lipinski definition) is 3. The van der Waals surface area contributed by atoms with Gasteiger partial charge in [-0.25, -0.2) is 9.37 Å². The third-order valence-electron chi connectivity index (χ3n) is 3.12. The molecule has 0 atom stereocenters. The van der Waals surface area contributed by atoms with Gasteiger partial charge in [0, 0.05) is 16.6 Å². The highest BCUT2D eigenvalue weighted by Gasteiger charge is 2.15. The number of fused-ring (bicyclic) bond motifs is 1. The van der Waals surface area contributed by atoms with Gasteiger partial charge in [-0.05, 0) is 50.1 Å². The summed E-state index contributed by atoms with van der Waals surface area (Å²) < 4.78 is 21.8. The molecule has 0 spiro atoms. The van der Waals surface area contributed by atoms with Crippen molar-refractivity contribution in [2.24, 2.45) is 0 Å². The summed E-state index contributed by atoms with van der Waals surface area (Å²) in [5.41, 5.74) is 7.96. The van der Waals surface area contributed by atoms with Crippen LogP contribution in [0.2, 0.25) is 0 Å². The number of rotatable bonds is 2. The molecular formula is C14H10Br2FN3O. The molecule has 0 amide bonds. The van der Waals surface area contributed by atoms with Gasteiger partial charge in [-0.3, -0.25) is 4.57 Å². The highest BCUT2D eigenvalue weighted by atomic mass is 79.9. The Morgan fingerprint density at radius 3 is 2.67 bits per heavy atom. The summed E-state index contributed by atoms with van der Waals surface area (Å²) in [7, 11) is 1.59. The molecule has 0 aliphatic heterocycles. The van der Waals surface area contributed by atoms with Crippen LogP contribution in [-0.2, 0) is 0 Å². The summed E-state index contributed by atoms with van der Waals surface area (Å²) in [6.07, 6.45) is 0. The molecule has 0 unspecified atom stereocenters. The van der Waals surface area contributed by atoms with Crippen molar-refractivity contribution < 1.29 is 9.13 Å². The van der Waals surface area contributed by atoms with E-state index in [4.69, 9.17) is 10.5 Å². The minimum absolute atomic E-state index is 0.274. The molecule has 1 heterocycles. The summed E-state index contributed by atoms with van der Waals surface area (Å²) >= 11 is 6.67. The monoisotopic (exact) mass is 413 g/mol. The van der Waals surface area contributed by atoms with E-state index in [0.29, 0.717) is 21.3 Å². The lowest BCUT2D eigenvalue weighted by atomic mass is 10.2. The second-order valence-electron chi connectivity index (χ2n) is 4.38. The Balaban J connectivity index is 2.34. The molecule has 21 heavy (non-hydrogen) atoms. The Morgan fingerprint density at radius 2 is 1.95 bits per heavy atom. The molecule has 0 bridgehead atoms. The lowest BCUT2D eigenvalue weighted by Gasteiger charge is -2.11. The van der Waals surface area contributed by atoms with E-state index in [1.54, 1.807) is 17.7 Å². The molecule has 0 fully saturated rings. The van der Waals surface area contributed by atoms with E-state index in [1.807, 2.05) is 18.2 Å². The number of nitrogens with two attached hydrogens (primary N) is 1. The molecule has 108 valence electrons. The number of halogens is 3. The minimum atomic E-state index is -0.378. The number of benzene rings is 2. The van der Waals surface area contributed by atoms with Crippen molar-refractivity contribution in [2.45, 2.75) is 0 Å². The second-order valence-corrected chi connectivity index (χ2v) is 6.09. The first-order chi connectivity index (χ1) is 10.0. The summed E-state index contributed by atoms with van der Waals surface area (Å²) in [6.45, 7) is 0. The van der Waals surface area contributed by atoms with Gasteiger partial charge in [0.2, 0.25) is 5.95 Å². The molecule has 0 aliphatic carbocycles. The molecule has 0 radical (unpaired) electrons. The number of nitrogens with zero attached hydrogens (tertiary/aromatic N) is 2. The van der Waals surface area contributed by atoms with Gasteiger partial charge >= 0.3 is 0 Å². The fourth-order valence-electron chi connectivity index (χ4n) is 2.14. The average Bonchev–Trinajstić information content (AvgIpc) is 2.75. The van der Waals surface area contributed by atoms with E-state index >= 15 is 0 Å². The second kappa shape index (κ2) is 5.31. The predicted octanol–water partition coefficient (Wildman–Crippen LogP) is 4.28. The molecule has 4 nitrogen and oxygen atoms in total. The lowest BCUT2D eigenvalue weighted by molar-refractivity contribution is 0.414. The maximum atomic E-state index is 13.6. The third kappa shape index (κ3) is 2.40. The largest absolute Gasteiger partial charge is 0.497 e. The van der Waals surface area contributed by atoms with Gasteiger partial charge in [-0.15, -0.1) is 0 Å². The smallest absolute Gasteiger partial charge is 0.205 e. The lowest BCUT2D eigenvalue weighted by Crippen LogP contribution is -2.02. The van der Waals surface area contributed by atoms with Gasteiger partial charge in [0.15, 0.2) is 0 Å². The van der Waals surface area contributed by atoms with Crippen molar-refractivity contribution in [1.29, 1.82) is 0 Å². The van der Waals surface area contributed by atoms with Crippen LogP contribution in [0.1, 0.15) is 0 Å². The van der Waals surface area contributed by atoms with Gasteiger partial charge in [0.05, 0.1) is 28.3 Å². The first-order valence-corrected chi connectivity index (χ1v) is 7.56. The first kappa shape index (κ1) is 14.3. The number of aromatic nitrogens is 2. The van der Waals surface area contributed by atoms with Crippen molar-refractivity contribution in [3.63, 3.8) is 0 Å². The number of ether oxygens (including phenoxy) is 1. The molecule has 3 aromatic rings. The Hall–Kier alpha value is -1.60. The summed E-state index contributed by atoms with van der Waals surface area (Å²) in [4.78, 5) is 4.21. The average molecular weight is 415 g/mol. The van der Waals surface area contributed by atoms with Crippen molar-refractivity contribution in [3.05, 3.63) is 45.1 Å². The molecule has 0 saturated carbocycles. The Morgan fingerprint density at radius 1 is 1.19 bits per heavy atom. The zero-order valence-corrected chi connectivity index (χ0v) is 14.1. The van der Waals surface area contributed by atoms with E-state index < -0.39 is 0 Å². The molecule has 2 N–H and O–H groups in total. The van der Waals surface area contributed by atoms with Gasteiger partial charge in [0.25, 0.3) is 0 Å². The SMILES string of the molecule is COc1ccc(Br)c(-n2c(N)nc3cc(F)c(Br)cc32)c1. The number of imidazole rings is 1. The number of anilines is 1.